The van der Waals surface area contributed by atoms with E-state index >= 15 is 0 Å². The maximum atomic E-state index is 5.31. The first kappa shape index (κ1) is 6.80. The Hall–Kier alpha value is -0.890. The number of furan rings is 1. The highest BCUT2D eigenvalue weighted by atomic mass is 32.1. The lowest BCUT2D eigenvalue weighted by atomic mass is 10.2. The predicted molar refractivity (Wildman–Crippen MR) is 48.2 cm³/mol. The van der Waals surface area contributed by atoms with Gasteiger partial charge in [-0.2, -0.15) is 0 Å². The Morgan fingerprint density at radius 3 is 2.91 bits per heavy atom. The molecule has 0 saturated carbocycles. The van der Waals surface area contributed by atoms with Crippen molar-refractivity contribution in [3.05, 3.63) is 29.8 Å². The summed E-state index contributed by atoms with van der Waals surface area (Å²) in [4.78, 5) is 0. The molecule has 0 bridgehead atoms. The highest BCUT2D eigenvalue weighted by Gasteiger charge is 1.98. The molecule has 2 rings (SSSR count). The number of thiol groups is 1. The zero-order valence-corrected chi connectivity index (χ0v) is 7.06. The highest BCUT2D eigenvalue weighted by molar-refractivity contribution is 7.80. The second-order valence-corrected chi connectivity index (χ2v) is 3.07. The summed E-state index contributed by atoms with van der Waals surface area (Å²) in [7, 11) is 0. The molecule has 1 nitrogen and oxygen atoms in total. The first-order valence-corrected chi connectivity index (χ1v) is 3.89. The lowest BCUT2D eigenvalue weighted by molar-refractivity contribution is 0.517. The molecule has 0 N–H and O–H groups in total. The van der Waals surface area contributed by atoms with E-state index in [-0.39, 0.29) is 0 Å². The SMILES string of the molecule is Cc1ccc2cc(S)oc2c1. The molecule has 0 fully saturated rings. The Labute approximate surface area is 70.4 Å². The zero-order valence-electron chi connectivity index (χ0n) is 6.16. The summed E-state index contributed by atoms with van der Waals surface area (Å²) in [6.45, 7) is 2.04. The number of hydrogen-bond donors (Lipinski definition) is 1. The summed E-state index contributed by atoms with van der Waals surface area (Å²) in [5, 5.41) is 1.78. The predicted octanol–water partition coefficient (Wildman–Crippen LogP) is 3.03. The molecule has 56 valence electrons. The van der Waals surface area contributed by atoms with E-state index < -0.39 is 0 Å². The molecule has 0 aliphatic heterocycles. The fourth-order valence-corrected chi connectivity index (χ4v) is 1.36. The summed E-state index contributed by atoms with van der Waals surface area (Å²) >= 11 is 4.11. The third-order valence-electron chi connectivity index (χ3n) is 1.66. The van der Waals surface area contributed by atoms with Crippen LogP contribution < -0.4 is 0 Å². The third kappa shape index (κ3) is 1.14. The molecule has 1 aromatic carbocycles. The van der Waals surface area contributed by atoms with Crippen LogP contribution in [0.15, 0.2) is 33.8 Å². The molecule has 11 heavy (non-hydrogen) atoms. The number of benzene rings is 1. The van der Waals surface area contributed by atoms with Gasteiger partial charge in [0.25, 0.3) is 0 Å². The number of aryl methyl sites for hydroxylation is 1. The van der Waals surface area contributed by atoms with Crippen LogP contribution in [-0.4, -0.2) is 0 Å². The van der Waals surface area contributed by atoms with E-state index in [0.29, 0.717) is 5.09 Å². The molecular formula is C9H8OS. The monoisotopic (exact) mass is 164 g/mol. The van der Waals surface area contributed by atoms with Crippen LogP contribution >= 0.6 is 12.6 Å². The quantitative estimate of drug-likeness (QED) is 0.590. The average molecular weight is 164 g/mol. The van der Waals surface area contributed by atoms with E-state index in [4.69, 9.17) is 4.42 Å². The Kier molecular flexibility index (Phi) is 1.43. The van der Waals surface area contributed by atoms with E-state index in [2.05, 4.69) is 18.7 Å². The smallest absolute Gasteiger partial charge is 0.158 e. The summed E-state index contributed by atoms with van der Waals surface area (Å²) in [6.07, 6.45) is 0. The standard InChI is InChI=1S/C9H8OS/c1-6-2-3-7-5-9(11)10-8(7)4-6/h2-5,11H,1H3. The van der Waals surface area contributed by atoms with Crippen molar-refractivity contribution < 1.29 is 4.42 Å². The Bertz CT molecular complexity index is 389. The average Bonchev–Trinajstić information content (AvgIpc) is 2.27. The number of rotatable bonds is 0. The van der Waals surface area contributed by atoms with E-state index in [1.165, 1.54) is 5.56 Å². The second kappa shape index (κ2) is 2.31. The third-order valence-corrected chi connectivity index (χ3v) is 1.88. The lowest BCUT2D eigenvalue weighted by Gasteiger charge is -1.89. The fraction of sp³-hybridized carbons (Fsp3) is 0.111. The minimum absolute atomic E-state index is 0.672. The highest BCUT2D eigenvalue weighted by Crippen LogP contribution is 2.22. The van der Waals surface area contributed by atoms with Gasteiger partial charge in [0.05, 0.1) is 0 Å². The van der Waals surface area contributed by atoms with Crippen LogP contribution in [0.25, 0.3) is 11.0 Å². The number of hydrogen-bond acceptors (Lipinski definition) is 2. The largest absolute Gasteiger partial charge is 0.450 e. The molecule has 0 aliphatic rings. The van der Waals surface area contributed by atoms with Crippen molar-refractivity contribution in [3.63, 3.8) is 0 Å². The minimum atomic E-state index is 0.672. The van der Waals surface area contributed by atoms with Crippen LogP contribution in [0, 0.1) is 6.92 Å². The van der Waals surface area contributed by atoms with Crippen molar-refractivity contribution in [1.82, 2.24) is 0 Å². The maximum absolute atomic E-state index is 5.31. The van der Waals surface area contributed by atoms with Gasteiger partial charge in [0.2, 0.25) is 0 Å². The second-order valence-electron chi connectivity index (χ2n) is 2.63. The maximum Gasteiger partial charge on any atom is 0.158 e. The van der Waals surface area contributed by atoms with Gasteiger partial charge in [-0.25, -0.2) is 0 Å². The van der Waals surface area contributed by atoms with Gasteiger partial charge in [-0.3, -0.25) is 0 Å². The molecule has 0 aliphatic carbocycles. The molecule has 1 heterocycles. The molecule has 0 atom stereocenters. The Morgan fingerprint density at radius 2 is 2.09 bits per heavy atom. The summed E-state index contributed by atoms with van der Waals surface area (Å²) < 4.78 is 5.31. The first-order chi connectivity index (χ1) is 5.25. The van der Waals surface area contributed by atoms with Crippen molar-refractivity contribution in [2.45, 2.75) is 12.0 Å². The van der Waals surface area contributed by atoms with Gasteiger partial charge in [0.1, 0.15) is 5.58 Å². The zero-order chi connectivity index (χ0) is 7.84. The van der Waals surface area contributed by atoms with Crippen LogP contribution in [0.2, 0.25) is 0 Å². The fourth-order valence-electron chi connectivity index (χ4n) is 1.12. The summed E-state index contributed by atoms with van der Waals surface area (Å²) in [5.74, 6) is 0. The molecule has 0 saturated heterocycles. The first-order valence-electron chi connectivity index (χ1n) is 3.45. The molecule has 0 unspecified atom stereocenters. The molecule has 2 heteroatoms. The van der Waals surface area contributed by atoms with Crippen LogP contribution in [0.3, 0.4) is 0 Å². The van der Waals surface area contributed by atoms with Gasteiger partial charge in [0, 0.05) is 5.39 Å². The number of fused-ring (bicyclic) bond motifs is 1. The van der Waals surface area contributed by atoms with Crippen molar-refractivity contribution in [2.75, 3.05) is 0 Å². The van der Waals surface area contributed by atoms with Gasteiger partial charge < -0.3 is 4.42 Å². The summed E-state index contributed by atoms with van der Waals surface area (Å²) in [5.41, 5.74) is 2.12. The molecule has 0 spiro atoms. The van der Waals surface area contributed by atoms with Gasteiger partial charge in [-0.05, 0) is 24.6 Å². The van der Waals surface area contributed by atoms with Crippen LogP contribution in [0.4, 0.5) is 0 Å². The van der Waals surface area contributed by atoms with Crippen LogP contribution in [0.1, 0.15) is 5.56 Å². The van der Waals surface area contributed by atoms with Crippen molar-refractivity contribution in [2.24, 2.45) is 0 Å². The van der Waals surface area contributed by atoms with E-state index in [1.807, 2.05) is 25.1 Å². The molecule has 1 aromatic heterocycles. The normalized spacial score (nSPS) is 10.7. The van der Waals surface area contributed by atoms with E-state index in [1.54, 1.807) is 0 Å². The van der Waals surface area contributed by atoms with E-state index in [9.17, 15) is 0 Å². The Balaban J connectivity index is 2.82. The van der Waals surface area contributed by atoms with Gasteiger partial charge >= 0.3 is 0 Å². The molecule has 0 radical (unpaired) electrons. The Morgan fingerprint density at radius 1 is 1.27 bits per heavy atom. The van der Waals surface area contributed by atoms with Gasteiger partial charge in [0.15, 0.2) is 5.09 Å². The topological polar surface area (TPSA) is 13.1 Å². The van der Waals surface area contributed by atoms with E-state index in [0.717, 1.165) is 11.0 Å². The van der Waals surface area contributed by atoms with Crippen molar-refractivity contribution in [3.8, 4) is 0 Å². The lowest BCUT2D eigenvalue weighted by Crippen LogP contribution is -1.67. The van der Waals surface area contributed by atoms with Crippen molar-refractivity contribution >= 4 is 23.6 Å². The van der Waals surface area contributed by atoms with Crippen LogP contribution in [0.5, 0.6) is 0 Å². The molecule has 0 amide bonds. The summed E-state index contributed by atoms with van der Waals surface area (Å²) in [6, 6.07) is 8.02. The minimum Gasteiger partial charge on any atom is -0.450 e. The van der Waals surface area contributed by atoms with Gasteiger partial charge in [-0.1, -0.05) is 12.1 Å². The van der Waals surface area contributed by atoms with Crippen molar-refractivity contribution in [1.29, 1.82) is 0 Å². The van der Waals surface area contributed by atoms with Crippen LogP contribution in [-0.2, 0) is 0 Å². The molecular weight excluding hydrogens is 156 g/mol. The molecule has 2 aromatic rings. The van der Waals surface area contributed by atoms with Gasteiger partial charge in [-0.15, -0.1) is 12.6 Å².